The predicted octanol–water partition coefficient (Wildman–Crippen LogP) is 4.51. The molecule has 3 rings (SSSR count). The van der Waals surface area contributed by atoms with Crippen LogP contribution in [-0.4, -0.2) is 15.5 Å². The molecule has 6 heteroatoms. The number of nitrogens with one attached hydrogen (secondary N) is 1. The Morgan fingerprint density at radius 1 is 1.27 bits per heavy atom. The first-order chi connectivity index (χ1) is 10.7. The van der Waals surface area contributed by atoms with Crippen LogP contribution in [0.4, 0.5) is 5.69 Å². The lowest BCUT2D eigenvalue weighted by atomic mass is 10.2. The van der Waals surface area contributed by atoms with Gasteiger partial charge in [0.15, 0.2) is 5.13 Å². The van der Waals surface area contributed by atoms with E-state index in [0.717, 1.165) is 26.6 Å². The Hall–Kier alpha value is -1.92. The van der Waals surface area contributed by atoms with Crippen molar-refractivity contribution >= 4 is 38.9 Å². The van der Waals surface area contributed by atoms with E-state index in [1.807, 2.05) is 60.3 Å². The van der Waals surface area contributed by atoms with Crippen LogP contribution in [0, 0.1) is 0 Å². The van der Waals surface area contributed by atoms with E-state index < -0.39 is 0 Å². The van der Waals surface area contributed by atoms with Crippen molar-refractivity contribution in [3.05, 3.63) is 63.8 Å². The largest absolute Gasteiger partial charge is 0.320 e. The second-order valence-electron chi connectivity index (χ2n) is 4.65. The number of carbonyl (C=O) groups excluding carboxylic acids is 1. The number of anilines is 1. The molecule has 0 saturated heterocycles. The van der Waals surface area contributed by atoms with Gasteiger partial charge in [-0.3, -0.25) is 4.79 Å². The van der Waals surface area contributed by atoms with Crippen LogP contribution in [0.3, 0.4) is 0 Å². The Kier molecular flexibility index (Phi) is 4.40. The third kappa shape index (κ3) is 2.98. The number of rotatable bonds is 4. The number of aryl methyl sites for hydroxylation is 1. The van der Waals surface area contributed by atoms with Crippen molar-refractivity contribution in [1.82, 2.24) is 9.55 Å². The van der Waals surface area contributed by atoms with Gasteiger partial charge in [0.1, 0.15) is 5.69 Å². The average molecular weight is 376 g/mol. The van der Waals surface area contributed by atoms with Crippen LogP contribution >= 0.6 is 27.3 Å². The number of nitrogens with zero attached hydrogens (tertiary/aromatic N) is 2. The van der Waals surface area contributed by atoms with E-state index in [4.69, 9.17) is 0 Å². The van der Waals surface area contributed by atoms with Gasteiger partial charge in [-0.2, -0.15) is 0 Å². The fourth-order valence-corrected chi connectivity index (χ4v) is 3.42. The zero-order valence-electron chi connectivity index (χ0n) is 11.9. The highest BCUT2D eigenvalue weighted by atomic mass is 79.9. The van der Waals surface area contributed by atoms with E-state index in [0.29, 0.717) is 5.69 Å². The molecule has 1 amide bonds. The van der Waals surface area contributed by atoms with E-state index in [-0.39, 0.29) is 5.91 Å². The van der Waals surface area contributed by atoms with Crippen LogP contribution in [-0.2, 0) is 6.42 Å². The molecule has 1 aromatic carbocycles. The van der Waals surface area contributed by atoms with E-state index in [2.05, 4.69) is 26.2 Å². The first-order valence-electron chi connectivity index (χ1n) is 6.88. The topological polar surface area (TPSA) is 46.9 Å². The third-order valence-corrected chi connectivity index (χ3v) is 5.07. The number of benzene rings is 1. The Morgan fingerprint density at radius 3 is 2.68 bits per heavy atom. The molecule has 4 nitrogen and oxygen atoms in total. The lowest BCUT2D eigenvalue weighted by Crippen LogP contribution is -2.14. The summed E-state index contributed by atoms with van der Waals surface area (Å²) in [7, 11) is 0. The minimum Gasteiger partial charge on any atom is -0.320 e. The summed E-state index contributed by atoms with van der Waals surface area (Å²) in [6.07, 6.45) is 4.62. The summed E-state index contributed by atoms with van der Waals surface area (Å²) in [5.74, 6) is -0.182. The molecule has 0 bridgehead atoms. The van der Waals surface area contributed by atoms with Crippen molar-refractivity contribution in [3.8, 4) is 5.13 Å². The smallest absolute Gasteiger partial charge is 0.275 e. The highest BCUT2D eigenvalue weighted by molar-refractivity contribution is 9.10. The number of amides is 1. The second kappa shape index (κ2) is 6.46. The van der Waals surface area contributed by atoms with Crippen molar-refractivity contribution in [2.45, 2.75) is 13.3 Å². The van der Waals surface area contributed by atoms with Gasteiger partial charge in [-0.05, 0) is 46.6 Å². The molecule has 2 aromatic heterocycles. The summed E-state index contributed by atoms with van der Waals surface area (Å²) >= 11 is 4.97. The van der Waals surface area contributed by atoms with Crippen molar-refractivity contribution in [2.24, 2.45) is 0 Å². The molecular weight excluding hydrogens is 362 g/mol. The number of hydrogen-bond donors (Lipinski definition) is 1. The predicted molar refractivity (Wildman–Crippen MR) is 92.9 cm³/mol. The molecule has 0 aliphatic heterocycles. The van der Waals surface area contributed by atoms with Crippen LogP contribution in [0.5, 0.6) is 0 Å². The Balaban J connectivity index is 1.90. The second-order valence-corrected chi connectivity index (χ2v) is 6.56. The molecule has 0 atom stereocenters. The zero-order valence-corrected chi connectivity index (χ0v) is 14.3. The van der Waals surface area contributed by atoms with Crippen LogP contribution in [0.25, 0.3) is 5.13 Å². The summed E-state index contributed by atoms with van der Waals surface area (Å²) < 4.78 is 2.77. The Labute approximate surface area is 140 Å². The average Bonchev–Trinajstić information content (AvgIpc) is 3.18. The fourth-order valence-electron chi connectivity index (χ4n) is 2.07. The van der Waals surface area contributed by atoms with Crippen LogP contribution in [0.15, 0.2) is 53.3 Å². The zero-order chi connectivity index (χ0) is 15.5. The number of thiazole rings is 1. The van der Waals surface area contributed by atoms with Gasteiger partial charge in [0, 0.05) is 21.7 Å². The van der Waals surface area contributed by atoms with Gasteiger partial charge in [0.2, 0.25) is 0 Å². The molecule has 2 heterocycles. The first kappa shape index (κ1) is 15.0. The number of carbonyl (C=O) groups is 1. The summed E-state index contributed by atoms with van der Waals surface area (Å²) in [4.78, 5) is 18.0. The minimum atomic E-state index is -0.182. The van der Waals surface area contributed by atoms with E-state index in [1.54, 1.807) is 0 Å². The first-order valence-corrected chi connectivity index (χ1v) is 8.49. The van der Waals surface area contributed by atoms with Gasteiger partial charge in [-0.15, -0.1) is 11.3 Å². The number of aromatic nitrogens is 2. The molecule has 0 spiro atoms. The Bertz CT molecular complexity index is 796. The van der Waals surface area contributed by atoms with Crippen molar-refractivity contribution in [3.63, 3.8) is 0 Å². The molecule has 0 aliphatic carbocycles. The standard InChI is InChI=1S/C16H14BrN3OS/c1-2-13-14(19-16(22-13)20-9-5-6-10-20)15(21)18-12-8-4-3-7-11(12)17/h3-10H,2H2,1H3,(H,18,21). The van der Waals surface area contributed by atoms with Gasteiger partial charge in [-0.25, -0.2) is 4.98 Å². The van der Waals surface area contributed by atoms with Gasteiger partial charge >= 0.3 is 0 Å². The monoisotopic (exact) mass is 375 g/mol. The van der Waals surface area contributed by atoms with Gasteiger partial charge < -0.3 is 9.88 Å². The van der Waals surface area contributed by atoms with Crippen LogP contribution in [0.2, 0.25) is 0 Å². The molecule has 0 fully saturated rings. The van der Waals surface area contributed by atoms with Gasteiger partial charge in [-0.1, -0.05) is 19.1 Å². The molecule has 1 N–H and O–H groups in total. The highest BCUT2D eigenvalue weighted by Gasteiger charge is 2.18. The third-order valence-electron chi connectivity index (χ3n) is 3.17. The quantitative estimate of drug-likeness (QED) is 0.728. The molecule has 0 radical (unpaired) electrons. The summed E-state index contributed by atoms with van der Waals surface area (Å²) in [6, 6.07) is 11.4. The maximum absolute atomic E-state index is 12.5. The lowest BCUT2D eigenvalue weighted by Gasteiger charge is -2.06. The minimum absolute atomic E-state index is 0.182. The molecule has 0 aliphatic rings. The normalized spacial score (nSPS) is 10.6. The van der Waals surface area contributed by atoms with Crippen molar-refractivity contribution in [1.29, 1.82) is 0 Å². The lowest BCUT2D eigenvalue weighted by molar-refractivity contribution is 0.102. The van der Waals surface area contributed by atoms with Gasteiger partial charge in [0.05, 0.1) is 5.69 Å². The molecular formula is C16H14BrN3OS. The molecule has 0 saturated carbocycles. The number of hydrogen-bond acceptors (Lipinski definition) is 3. The summed E-state index contributed by atoms with van der Waals surface area (Å²) in [6.45, 7) is 2.03. The molecule has 3 aromatic rings. The Morgan fingerprint density at radius 2 is 2.00 bits per heavy atom. The molecule has 22 heavy (non-hydrogen) atoms. The maximum Gasteiger partial charge on any atom is 0.275 e. The van der Waals surface area contributed by atoms with Crippen LogP contribution < -0.4 is 5.32 Å². The van der Waals surface area contributed by atoms with Crippen molar-refractivity contribution < 1.29 is 4.79 Å². The molecule has 0 unspecified atom stereocenters. The van der Waals surface area contributed by atoms with Gasteiger partial charge in [0.25, 0.3) is 5.91 Å². The fraction of sp³-hybridized carbons (Fsp3) is 0.125. The number of halogens is 1. The SMILES string of the molecule is CCc1sc(-n2cccc2)nc1C(=O)Nc1ccccc1Br. The maximum atomic E-state index is 12.5. The summed E-state index contributed by atoms with van der Waals surface area (Å²) in [5.41, 5.74) is 1.23. The highest BCUT2D eigenvalue weighted by Crippen LogP contribution is 2.26. The van der Waals surface area contributed by atoms with E-state index >= 15 is 0 Å². The number of para-hydroxylation sites is 1. The van der Waals surface area contributed by atoms with Crippen molar-refractivity contribution in [2.75, 3.05) is 5.32 Å². The van der Waals surface area contributed by atoms with E-state index in [1.165, 1.54) is 11.3 Å². The summed E-state index contributed by atoms with van der Waals surface area (Å²) in [5, 5.41) is 3.71. The van der Waals surface area contributed by atoms with Crippen LogP contribution in [0.1, 0.15) is 22.3 Å². The van der Waals surface area contributed by atoms with E-state index in [9.17, 15) is 4.79 Å². The molecule has 112 valence electrons.